The van der Waals surface area contributed by atoms with Crippen LogP contribution in [0.2, 0.25) is 0 Å². The van der Waals surface area contributed by atoms with E-state index in [0.29, 0.717) is 24.3 Å². The number of aliphatic hydroxyl groups is 1. The molecular formula is C23H28N2O7. The van der Waals surface area contributed by atoms with Crippen LogP contribution >= 0.6 is 0 Å². The van der Waals surface area contributed by atoms with Crippen molar-refractivity contribution >= 4 is 23.5 Å². The Hall–Kier alpha value is -2.91. The number of aliphatic hydroxyl groups excluding tert-OH is 1. The molecule has 0 aromatic heterocycles. The van der Waals surface area contributed by atoms with Crippen LogP contribution < -0.4 is 9.64 Å². The Morgan fingerprint density at radius 2 is 2.09 bits per heavy atom. The third kappa shape index (κ3) is 3.10. The minimum Gasteiger partial charge on any atom is -0.497 e. The molecule has 32 heavy (non-hydrogen) atoms. The van der Waals surface area contributed by atoms with E-state index in [-0.39, 0.29) is 13.2 Å². The molecule has 6 atom stereocenters. The summed E-state index contributed by atoms with van der Waals surface area (Å²) in [7, 11) is 1.55. The summed E-state index contributed by atoms with van der Waals surface area (Å²) in [6.07, 6.45) is 1.86. The van der Waals surface area contributed by atoms with Gasteiger partial charge in [-0.2, -0.15) is 0 Å². The average molecular weight is 444 g/mol. The third-order valence-corrected chi connectivity index (χ3v) is 6.96. The number of methoxy groups -OCH3 is 1. The normalized spacial score (nSPS) is 31.3. The molecule has 2 bridgehead atoms. The number of anilines is 1. The van der Waals surface area contributed by atoms with Crippen molar-refractivity contribution in [1.29, 1.82) is 0 Å². The monoisotopic (exact) mass is 444 g/mol. The molecule has 1 spiro atoms. The van der Waals surface area contributed by atoms with Crippen molar-refractivity contribution in [2.75, 3.05) is 25.2 Å². The highest BCUT2D eigenvalue weighted by Crippen LogP contribution is 2.59. The van der Waals surface area contributed by atoms with Crippen molar-refractivity contribution in [1.82, 2.24) is 4.90 Å². The van der Waals surface area contributed by atoms with Crippen molar-refractivity contribution < 1.29 is 34.1 Å². The van der Waals surface area contributed by atoms with Crippen molar-refractivity contribution in [3.63, 3.8) is 0 Å². The molecule has 3 saturated heterocycles. The van der Waals surface area contributed by atoms with Gasteiger partial charge < -0.3 is 29.5 Å². The number of carboxylic acid groups (broad SMARTS) is 1. The van der Waals surface area contributed by atoms with Gasteiger partial charge in [-0.25, -0.2) is 0 Å². The molecule has 3 aliphatic rings. The Balaban J connectivity index is 1.78. The van der Waals surface area contributed by atoms with Crippen LogP contribution in [0, 0.1) is 11.8 Å². The van der Waals surface area contributed by atoms with Gasteiger partial charge in [-0.1, -0.05) is 6.08 Å². The SMILES string of the molecule is C=CCN(C(=O)C1N([C@H](C)CO)C(=O)[C@@H]2[C@H](C(=O)O)[C@@H]3CCC12O3)c1ccc(OC)cc1. The summed E-state index contributed by atoms with van der Waals surface area (Å²) in [5.74, 6) is -3.27. The van der Waals surface area contributed by atoms with E-state index in [9.17, 15) is 24.6 Å². The number of aliphatic carboxylic acids is 1. The largest absolute Gasteiger partial charge is 0.497 e. The number of nitrogens with zero attached hydrogens (tertiary/aromatic N) is 2. The van der Waals surface area contributed by atoms with E-state index in [0.717, 1.165) is 0 Å². The number of benzene rings is 1. The molecule has 2 unspecified atom stereocenters. The highest BCUT2D eigenvalue weighted by molar-refractivity contribution is 6.04. The lowest BCUT2D eigenvalue weighted by atomic mass is 9.70. The number of hydrogen-bond acceptors (Lipinski definition) is 6. The van der Waals surface area contributed by atoms with Crippen LogP contribution in [0.5, 0.6) is 5.75 Å². The summed E-state index contributed by atoms with van der Waals surface area (Å²) >= 11 is 0. The number of amides is 2. The second-order valence-electron chi connectivity index (χ2n) is 8.61. The number of carbonyl (C=O) groups is 3. The van der Waals surface area contributed by atoms with Gasteiger partial charge in [-0.15, -0.1) is 6.58 Å². The summed E-state index contributed by atoms with van der Waals surface area (Å²) in [5.41, 5.74) is -0.640. The van der Waals surface area contributed by atoms with Crippen molar-refractivity contribution in [2.45, 2.75) is 43.6 Å². The first-order valence-corrected chi connectivity index (χ1v) is 10.7. The number of likely N-dealkylation sites (tertiary alicyclic amines) is 1. The fourth-order valence-corrected chi connectivity index (χ4v) is 5.58. The highest BCUT2D eigenvalue weighted by atomic mass is 16.5. The van der Waals surface area contributed by atoms with E-state index < -0.39 is 53.4 Å². The predicted octanol–water partition coefficient (Wildman–Crippen LogP) is 1.05. The number of rotatable bonds is 8. The van der Waals surface area contributed by atoms with Crippen molar-refractivity contribution in [2.24, 2.45) is 11.8 Å². The van der Waals surface area contributed by atoms with Crippen LogP contribution in [0.4, 0.5) is 5.69 Å². The molecular weight excluding hydrogens is 416 g/mol. The number of carbonyl (C=O) groups excluding carboxylic acids is 2. The van der Waals surface area contributed by atoms with Crippen LogP contribution in [-0.4, -0.2) is 76.9 Å². The van der Waals surface area contributed by atoms with Gasteiger partial charge in [-0.05, 0) is 44.0 Å². The van der Waals surface area contributed by atoms with Crippen LogP contribution in [0.3, 0.4) is 0 Å². The maximum Gasteiger partial charge on any atom is 0.310 e. The first-order chi connectivity index (χ1) is 15.3. The minimum absolute atomic E-state index is 0.184. The van der Waals surface area contributed by atoms with Gasteiger partial charge in [0.1, 0.15) is 17.4 Å². The highest BCUT2D eigenvalue weighted by Gasteiger charge is 2.75. The zero-order valence-corrected chi connectivity index (χ0v) is 18.1. The Kier molecular flexibility index (Phi) is 5.72. The molecule has 9 heteroatoms. The maximum atomic E-state index is 14.0. The van der Waals surface area contributed by atoms with Crippen LogP contribution in [0.15, 0.2) is 36.9 Å². The van der Waals surface area contributed by atoms with E-state index in [1.807, 2.05) is 0 Å². The predicted molar refractivity (Wildman–Crippen MR) is 114 cm³/mol. The number of hydrogen-bond donors (Lipinski definition) is 2. The molecule has 3 heterocycles. The summed E-state index contributed by atoms with van der Waals surface area (Å²) in [6, 6.07) is 5.21. The lowest BCUT2D eigenvalue weighted by Gasteiger charge is -2.38. The summed E-state index contributed by atoms with van der Waals surface area (Å²) < 4.78 is 11.4. The Morgan fingerprint density at radius 1 is 1.41 bits per heavy atom. The molecule has 9 nitrogen and oxygen atoms in total. The van der Waals surface area contributed by atoms with E-state index >= 15 is 0 Å². The van der Waals surface area contributed by atoms with Crippen LogP contribution in [0.25, 0.3) is 0 Å². The number of fused-ring (bicyclic) bond motifs is 1. The topological polar surface area (TPSA) is 117 Å². The van der Waals surface area contributed by atoms with Crippen molar-refractivity contribution in [3.8, 4) is 5.75 Å². The molecule has 3 aliphatic heterocycles. The van der Waals surface area contributed by atoms with Gasteiger partial charge in [0.25, 0.3) is 5.91 Å². The second kappa shape index (κ2) is 8.22. The summed E-state index contributed by atoms with van der Waals surface area (Å²) in [5, 5.41) is 19.6. The zero-order valence-electron chi connectivity index (χ0n) is 18.1. The third-order valence-electron chi connectivity index (χ3n) is 6.96. The van der Waals surface area contributed by atoms with Gasteiger partial charge in [0.15, 0.2) is 0 Å². The minimum atomic E-state index is -1.22. The fraction of sp³-hybridized carbons (Fsp3) is 0.522. The first-order valence-electron chi connectivity index (χ1n) is 10.7. The standard InChI is InChI=1S/C23H28N2O7/c1-4-11-24(14-5-7-15(31-3)8-6-14)21(28)19-23-10-9-16(32-23)17(22(29)30)18(23)20(27)25(19)13(2)12-26/h4-8,13,16-19,26H,1,9-12H2,2-3H3,(H,29,30)/t13-,16+,17-,18+,19?,23?/m1/s1. The second-order valence-corrected chi connectivity index (χ2v) is 8.61. The van der Waals surface area contributed by atoms with Gasteiger partial charge >= 0.3 is 5.97 Å². The molecule has 0 saturated carbocycles. The van der Waals surface area contributed by atoms with Crippen LogP contribution in [-0.2, 0) is 19.1 Å². The van der Waals surface area contributed by atoms with Crippen molar-refractivity contribution in [3.05, 3.63) is 36.9 Å². The molecule has 0 aliphatic carbocycles. The number of ether oxygens (including phenoxy) is 2. The molecule has 172 valence electrons. The zero-order chi connectivity index (χ0) is 23.2. The molecule has 2 N–H and O–H groups in total. The van der Waals surface area contributed by atoms with Gasteiger partial charge in [0, 0.05) is 12.2 Å². The van der Waals surface area contributed by atoms with Gasteiger partial charge in [-0.3, -0.25) is 14.4 Å². The summed E-state index contributed by atoms with van der Waals surface area (Å²) in [4.78, 5) is 42.3. The van der Waals surface area contributed by atoms with Gasteiger partial charge in [0.2, 0.25) is 5.91 Å². The Morgan fingerprint density at radius 3 is 2.66 bits per heavy atom. The molecule has 3 fully saturated rings. The lowest BCUT2D eigenvalue weighted by molar-refractivity contribution is -0.150. The molecule has 0 radical (unpaired) electrons. The number of carboxylic acids is 1. The van der Waals surface area contributed by atoms with Gasteiger partial charge in [0.05, 0.1) is 37.7 Å². The molecule has 1 aromatic rings. The van der Waals surface area contributed by atoms with Crippen LogP contribution in [0.1, 0.15) is 19.8 Å². The molecule has 1 aromatic carbocycles. The fourth-order valence-electron chi connectivity index (χ4n) is 5.58. The van der Waals surface area contributed by atoms with E-state index in [2.05, 4.69) is 6.58 Å². The van der Waals surface area contributed by atoms with E-state index in [1.165, 1.54) is 9.80 Å². The van der Waals surface area contributed by atoms with E-state index in [4.69, 9.17) is 9.47 Å². The Labute approximate surface area is 186 Å². The lowest BCUT2D eigenvalue weighted by Crippen LogP contribution is -2.58. The average Bonchev–Trinajstić information content (AvgIpc) is 3.44. The quantitative estimate of drug-likeness (QED) is 0.576. The summed E-state index contributed by atoms with van der Waals surface area (Å²) in [6.45, 7) is 5.22. The first kappa shape index (κ1) is 22.3. The Bertz CT molecular complexity index is 933. The van der Waals surface area contributed by atoms with E-state index in [1.54, 1.807) is 44.4 Å². The smallest absolute Gasteiger partial charge is 0.310 e. The molecule has 4 rings (SSSR count). The maximum absolute atomic E-state index is 14.0. The molecule has 2 amide bonds.